The third-order valence-electron chi connectivity index (χ3n) is 4.53. The van der Waals surface area contributed by atoms with E-state index in [2.05, 4.69) is 84.9 Å². The normalized spacial score (nSPS) is 11.4. The van der Waals surface area contributed by atoms with Gasteiger partial charge in [0.15, 0.2) is 10.1 Å². The third-order valence-corrected chi connectivity index (χ3v) is 7.83. The van der Waals surface area contributed by atoms with Gasteiger partial charge in [0.1, 0.15) is 27.4 Å². The van der Waals surface area contributed by atoms with Crippen molar-refractivity contribution in [2.24, 2.45) is 0 Å². The lowest BCUT2D eigenvalue weighted by molar-refractivity contribution is -0.0517. The first-order valence-electron chi connectivity index (χ1n) is 9.98. The molecule has 0 aliphatic rings. The fourth-order valence-electron chi connectivity index (χ4n) is 3.02. The van der Waals surface area contributed by atoms with Crippen molar-refractivity contribution < 1.29 is 30.9 Å². The van der Waals surface area contributed by atoms with E-state index >= 15 is 0 Å². The van der Waals surface area contributed by atoms with Gasteiger partial charge in [-0.25, -0.2) is 8.42 Å². The van der Waals surface area contributed by atoms with E-state index in [1.165, 1.54) is 15.9 Å². The van der Waals surface area contributed by atoms with E-state index in [-0.39, 0.29) is 0 Å². The minimum atomic E-state index is -6.09. The van der Waals surface area contributed by atoms with Crippen LogP contribution >= 0.6 is 7.92 Å². The molecule has 176 valence electrons. The molecule has 0 saturated carbocycles. The third kappa shape index (κ3) is 7.15. The van der Waals surface area contributed by atoms with Crippen LogP contribution in [0.5, 0.6) is 11.5 Å². The molecule has 0 aliphatic carbocycles. The summed E-state index contributed by atoms with van der Waals surface area (Å²) >= 11 is 0. The summed E-state index contributed by atoms with van der Waals surface area (Å²) in [5.74, 6) is 1.72. The van der Waals surface area contributed by atoms with Gasteiger partial charge in [-0.15, -0.1) is 0 Å². The molecule has 0 spiro atoms. The average molecular weight is 504 g/mol. The van der Waals surface area contributed by atoms with E-state index in [4.69, 9.17) is 17.7 Å². The Bertz CT molecular complexity index is 1230. The van der Waals surface area contributed by atoms with Crippen molar-refractivity contribution in [2.45, 2.75) is 5.51 Å². The van der Waals surface area contributed by atoms with Crippen LogP contribution in [-0.2, 0) is 10.1 Å². The Morgan fingerprint density at radius 1 is 0.588 bits per heavy atom. The fourth-order valence-corrected chi connectivity index (χ4v) is 5.58. The van der Waals surface area contributed by atoms with Crippen LogP contribution in [0.25, 0.3) is 0 Å². The van der Waals surface area contributed by atoms with Crippen LogP contribution in [-0.4, -0.2) is 18.5 Å². The second-order valence-corrected chi connectivity index (χ2v) is 10.8. The first kappa shape index (κ1) is 25.4. The van der Waals surface area contributed by atoms with Crippen molar-refractivity contribution in [2.75, 3.05) is 0 Å². The molecule has 0 heterocycles. The molecule has 0 bridgehead atoms. The summed E-state index contributed by atoms with van der Waals surface area (Å²) in [7, 11) is -7.11. The molecule has 34 heavy (non-hydrogen) atoms. The summed E-state index contributed by atoms with van der Waals surface area (Å²) in [6, 6.07) is 40.0. The Kier molecular flexibility index (Phi) is 8.45. The van der Waals surface area contributed by atoms with Gasteiger partial charge in [-0.2, -0.15) is 13.2 Å². The molecule has 0 aromatic heterocycles. The summed E-state index contributed by atoms with van der Waals surface area (Å²) in [5.41, 5.74) is -5.65. The van der Waals surface area contributed by atoms with Crippen LogP contribution < -0.4 is 20.7 Å². The molecule has 0 saturated heterocycles. The summed E-state index contributed by atoms with van der Waals surface area (Å²) in [6.45, 7) is 0. The number of alkyl halides is 3. The van der Waals surface area contributed by atoms with E-state index in [1.54, 1.807) is 0 Å². The van der Waals surface area contributed by atoms with Crippen LogP contribution in [0.15, 0.2) is 115 Å². The Hall–Kier alpha value is -3.19. The van der Waals surface area contributed by atoms with Crippen molar-refractivity contribution in [3.05, 3.63) is 115 Å². The van der Waals surface area contributed by atoms with Crippen molar-refractivity contribution in [1.29, 1.82) is 0 Å². The zero-order valence-corrected chi connectivity index (χ0v) is 19.5. The molecule has 0 fully saturated rings. The van der Waals surface area contributed by atoms with Crippen molar-refractivity contribution in [3.8, 4) is 11.5 Å². The summed E-state index contributed by atoms with van der Waals surface area (Å²) in [4.78, 5) is 0. The van der Waals surface area contributed by atoms with Gasteiger partial charge >= 0.3 is 5.51 Å². The second kappa shape index (κ2) is 11.3. The molecule has 0 N–H and O–H groups in total. The summed E-state index contributed by atoms with van der Waals surface area (Å²) < 4.78 is 64.8. The average Bonchev–Trinajstić information content (AvgIpc) is 2.82. The highest BCUT2D eigenvalue weighted by molar-refractivity contribution is 7.86. The van der Waals surface area contributed by atoms with E-state index in [9.17, 15) is 13.2 Å². The van der Waals surface area contributed by atoms with Crippen LogP contribution in [0.4, 0.5) is 13.2 Å². The van der Waals surface area contributed by atoms with Crippen LogP contribution in [0.3, 0.4) is 0 Å². The highest BCUT2D eigenvalue weighted by atomic mass is 32.2. The Morgan fingerprint density at radius 2 is 0.912 bits per heavy atom. The zero-order chi connectivity index (χ0) is 24.6. The molecule has 0 radical (unpaired) electrons. The molecule has 4 rings (SSSR count). The van der Waals surface area contributed by atoms with E-state index in [0.717, 1.165) is 11.5 Å². The topological polar surface area (TPSA) is 66.4 Å². The zero-order valence-electron chi connectivity index (χ0n) is 17.6. The van der Waals surface area contributed by atoms with Gasteiger partial charge in [0, 0.05) is 0 Å². The van der Waals surface area contributed by atoms with Gasteiger partial charge in [-0.3, -0.25) is 0 Å². The number of benzene rings is 4. The predicted molar refractivity (Wildman–Crippen MR) is 129 cm³/mol. The monoisotopic (exact) mass is 504 g/mol. The number of halogens is 3. The quantitative estimate of drug-likeness (QED) is 0.218. The van der Waals surface area contributed by atoms with Gasteiger partial charge in [0.25, 0.3) is 0 Å². The van der Waals surface area contributed by atoms with Crippen LogP contribution in [0.2, 0.25) is 0 Å². The number of hydrogen-bond donors (Lipinski definition) is 0. The minimum absolute atomic E-state index is 0.858. The van der Waals surface area contributed by atoms with Gasteiger partial charge in [0.05, 0.1) is 7.92 Å². The van der Waals surface area contributed by atoms with Gasteiger partial charge in [-0.1, -0.05) is 54.6 Å². The Labute approximate surface area is 197 Å². The maximum absolute atomic E-state index is 10.7. The van der Waals surface area contributed by atoms with Crippen molar-refractivity contribution in [1.82, 2.24) is 0 Å². The Balaban J connectivity index is 0.000000350. The van der Waals surface area contributed by atoms with Crippen LogP contribution in [0.1, 0.15) is 0 Å². The molecule has 4 aromatic rings. The highest BCUT2D eigenvalue weighted by Crippen LogP contribution is 2.33. The standard InChI is InChI=1S/C24H19OP.CHF3O3S/c1-4-10-20(11-5-1)25-21-16-18-24(19-17-21)26(22-12-6-2-7-13-22)23-14-8-3-9-15-23;2-1(3,4)8(5,6)7/h1-19H;(H,5,6,7). The first-order valence-corrected chi connectivity index (χ1v) is 12.9. The summed E-state index contributed by atoms with van der Waals surface area (Å²) in [6.07, 6.45) is 0. The molecule has 0 amide bonds. The lowest BCUT2D eigenvalue weighted by atomic mass is 10.3. The maximum atomic E-state index is 10.7. The van der Waals surface area contributed by atoms with E-state index in [1.807, 2.05) is 30.3 Å². The molecule has 0 unspecified atom stereocenters. The highest BCUT2D eigenvalue weighted by Gasteiger charge is 2.36. The molecule has 0 aliphatic heterocycles. The number of para-hydroxylation sites is 1. The molecular formula is C25H20F3O4PS. The van der Waals surface area contributed by atoms with E-state index < -0.39 is 23.5 Å². The smallest absolute Gasteiger partial charge is 0.485 e. The SMILES string of the molecule is O=S(=O)([O-])C(F)(F)F.c1ccc(Oc2ccc([PH+](c3ccccc3)c3ccccc3)cc2)cc1. The predicted octanol–water partition coefficient (Wildman–Crippen LogP) is 5.02. The summed E-state index contributed by atoms with van der Waals surface area (Å²) in [5, 5.41) is 4.13. The first-order chi connectivity index (χ1) is 16.1. The van der Waals surface area contributed by atoms with Crippen LogP contribution in [0, 0.1) is 0 Å². The number of hydrogen-bond acceptors (Lipinski definition) is 4. The molecular weight excluding hydrogens is 484 g/mol. The van der Waals surface area contributed by atoms with E-state index in [0.29, 0.717) is 0 Å². The van der Waals surface area contributed by atoms with Crippen molar-refractivity contribution in [3.63, 3.8) is 0 Å². The maximum Gasteiger partial charge on any atom is 0.485 e. The molecule has 4 aromatic carbocycles. The van der Waals surface area contributed by atoms with Gasteiger partial charge < -0.3 is 9.29 Å². The molecule has 9 heteroatoms. The largest absolute Gasteiger partial charge is 0.741 e. The van der Waals surface area contributed by atoms with Gasteiger partial charge in [0.2, 0.25) is 0 Å². The molecule has 4 nitrogen and oxygen atoms in total. The Morgan fingerprint density at radius 3 is 1.29 bits per heavy atom. The fraction of sp³-hybridized carbons (Fsp3) is 0.0400. The number of rotatable bonds is 5. The lowest BCUT2D eigenvalue weighted by Crippen LogP contribution is -2.21. The van der Waals surface area contributed by atoms with Crippen molar-refractivity contribution >= 4 is 34.0 Å². The second-order valence-electron chi connectivity index (χ2n) is 6.95. The lowest BCUT2D eigenvalue weighted by Gasteiger charge is -2.11. The minimum Gasteiger partial charge on any atom is -0.741 e. The number of ether oxygens (including phenoxy) is 1. The van der Waals surface area contributed by atoms with Gasteiger partial charge in [-0.05, 0) is 60.7 Å². The molecule has 0 atom stereocenters.